The first-order valence-electron chi connectivity index (χ1n) is 5.58. The first-order chi connectivity index (χ1) is 7.09. The molecule has 1 aromatic rings. The van der Waals surface area contributed by atoms with E-state index in [-0.39, 0.29) is 5.82 Å². The highest BCUT2D eigenvalue weighted by atomic mass is 19.1. The molecule has 0 fully saturated rings. The van der Waals surface area contributed by atoms with Crippen LogP contribution in [0.4, 0.5) is 4.39 Å². The average Bonchev–Trinajstić information content (AvgIpc) is 2.18. The molecule has 84 valence electrons. The van der Waals surface area contributed by atoms with Crippen molar-refractivity contribution in [3.63, 3.8) is 0 Å². The van der Waals surface area contributed by atoms with E-state index >= 15 is 0 Å². The van der Waals surface area contributed by atoms with Gasteiger partial charge in [-0.15, -0.1) is 0 Å². The molecule has 0 bridgehead atoms. The maximum absolute atomic E-state index is 12.7. The fourth-order valence-corrected chi connectivity index (χ4v) is 1.46. The average molecular weight is 209 g/mol. The molecule has 1 N–H and O–H groups in total. The second kappa shape index (κ2) is 5.86. The number of halogens is 1. The van der Waals surface area contributed by atoms with Crippen molar-refractivity contribution in [1.29, 1.82) is 0 Å². The summed E-state index contributed by atoms with van der Waals surface area (Å²) in [6.45, 7) is 7.54. The van der Waals surface area contributed by atoms with E-state index in [4.69, 9.17) is 0 Å². The van der Waals surface area contributed by atoms with Gasteiger partial charge < -0.3 is 5.32 Å². The zero-order chi connectivity index (χ0) is 11.3. The van der Waals surface area contributed by atoms with Crippen molar-refractivity contribution >= 4 is 0 Å². The van der Waals surface area contributed by atoms with Crippen molar-refractivity contribution in [2.24, 2.45) is 5.92 Å². The topological polar surface area (TPSA) is 12.0 Å². The van der Waals surface area contributed by atoms with Gasteiger partial charge in [-0.25, -0.2) is 4.39 Å². The van der Waals surface area contributed by atoms with Gasteiger partial charge in [0.25, 0.3) is 0 Å². The molecule has 1 nitrogen and oxygen atoms in total. The molecule has 0 radical (unpaired) electrons. The Kier molecular flexibility index (Phi) is 4.76. The van der Waals surface area contributed by atoms with Crippen LogP contribution in [0.1, 0.15) is 38.8 Å². The smallest absolute Gasteiger partial charge is 0.123 e. The Hall–Kier alpha value is -0.890. The Bertz CT molecular complexity index is 279. The highest BCUT2D eigenvalue weighted by Gasteiger charge is 2.04. The van der Waals surface area contributed by atoms with Crippen LogP contribution in [0.5, 0.6) is 0 Å². The molecule has 0 aliphatic heterocycles. The SMILES string of the molecule is CC(C)CCN[C@H](C)c1ccc(F)cc1. The summed E-state index contributed by atoms with van der Waals surface area (Å²) in [5.74, 6) is 0.547. The van der Waals surface area contributed by atoms with Crippen LogP contribution in [0.25, 0.3) is 0 Å². The second-order valence-electron chi connectivity index (χ2n) is 4.41. The lowest BCUT2D eigenvalue weighted by Gasteiger charge is -2.15. The van der Waals surface area contributed by atoms with Crippen molar-refractivity contribution < 1.29 is 4.39 Å². The summed E-state index contributed by atoms with van der Waals surface area (Å²) in [5.41, 5.74) is 1.14. The van der Waals surface area contributed by atoms with Crippen molar-refractivity contribution in [3.8, 4) is 0 Å². The van der Waals surface area contributed by atoms with Crippen LogP contribution < -0.4 is 5.32 Å². The third-order valence-corrected chi connectivity index (χ3v) is 2.54. The summed E-state index contributed by atoms with van der Waals surface area (Å²) in [6.07, 6.45) is 1.17. The Morgan fingerprint density at radius 3 is 2.27 bits per heavy atom. The predicted octanol–water partition coefficient (Wildman–Crippen LogP) is 3.52. The summed E-state index contributed by atoms with van der Waals surface area (Å²) in [5, 5.41) is 3.43. The Morgan fingerprint density at radius 2 is 1.73 bits per heavy atom. The van der Waals surface area contributed by atoms with Gasteiger partial charge in [0, 0.05) is 6.04 Å². The lowest BCUT2D eigenvalue weighted by Crippen LogP contribution is -2.20. The maximum Gasteiger partial charge on any atom is 0.123 e. The summed E-state index contributed by atoms with van der Waals surface area (Å²) >= 11 is 0. The van der Waals surface area contributed by atoms with Gasteiger partial charge in [0.1, 0.15) is 5.82 Å². The van der Waals surface area contributed by atoms with Crippen LogP contribution in [-0.2, 0) is 0 Å². The van der Waals surface area contributed by atoms with Crippen LogP contribution in [0.15, 0.2) is 24.3 Å². The van der Waals surface area contributed by atoms with E-state index in [9.17, 15) is 4.39 Å². The Balaban J connectivity index is 2.40. The van der Waals surface area contributed by atoms with E-state index < -0.39 is 0 Å². The first kappa shape index (κ1) is 12.2. The van der Waals surface area contributed by atoms with E-state index in [0.29, 0.717) is 6.04 Å². The molecule has 0 saturated heterocycles. The minimum atomic E-state index is -0.173. The zero-order valence-corrected chi connectivity index (χ0v) is 9.76. The van der Waals surface area contributed by atoms with Gasteiger partial charge in [-0.05, 0) is 43.5 Å². The number of hydrogen-bond donors (Lipinski definition) is 1. The van der Waals surface area contributed by atoms with Crippen LogP contribution >= 0.6 is 0 Å². The Labute approximate surface area is 91.7 Å². The van der Waals surface area contributed by atoms with E-state index in [1.807, 2.05) is 12.1 Å². The van der Waals surface area contributed by atoms with Gasteiger partial charge in [-0.2, -0.15) is 0 Å². The van der Waals surface area contributed by atoms with Crippen LogP contribution in [0, 0.1) is 11.7 Å². The van der Waals surface area contributed by atoms with Crippen molar-refractivity contribution in [1.82, 2.24) is 5.32 Å². The molecule has 0 aliphatic carbocycles. The highest BCUT2D eigenvalue weighted by Crippen LogP contribution is 2.12. The molecule has 0 heterocycles. The number of hydrogen-bond acceptors (Lipinski definition) is 1. The molecule has 0 aliphatic rings. The molecule has 2 heteroatoms. The quantitative estimate of drug-likeness (QED) is 0.782. The summed E-state index contributed by atoms with van der Waals surface area (Å²) in [4.78, 5) is 0. The van der Waals surface area contributed by atoms with E-state index in [1.54, 1.807) is 0 Å². The van der Waals surface area contributed by atoms with Gasteiger partial charge in [0.2, 0.25) is 0 Å². The molecule has 15 heavy (non-hydrogen) atoms. The fraction of sp³-hybridized carbons (Fsp3) is 0.538. The number of nitrogens with one attached hydrogen (secondary N) is 1. The standard InChI is InChI=1S/C13H20FN/c1-10(2)8-9-15-11(3)12-4-6-13(14)7-5-12/h4-7,10-11,15H,8-9H2,1-3H3/t11-/m1/s1. The summed E-state index contributed by atoms with van der Waals surface area (Å²) < 4.78 is 12.7. The normalized spacial score (nSPS) is 13.1. The van der Waals surface area contributed by atoms with Crippen LogP contribution in [-0.4, -0.2) is 6.54 Å². The fourth-order valence-electron chi connectivity index (χ4n) is 1.46. The first-order valence-corrected chi connectivity index (χ1v) is 5.58. The van der Waals surface area contributed by atoms with Gasteiger partial charge in [0.15, 0.2) is 0 Å². The highest BCUT2D eigenvalue weighted by molar-refractivity contribution is 5.19. The summed E-state index contributed by atoms with van der Waals surface area (Å²) in [7, 11) is 0. The van der Waals surface area contributed by atoms with Gasteiger partial charge in [0.05, 0.1) is 0 Å². The maximum atomic E-state index is 12.7. The lowest BCUT2D eigenvalue weighted by molar-refractivity contribution is 0.496. The molecule has 0 amide bonds. The third kappa shape index (κ3) is 4.43. The van der Waals surface area contributed by atoms with Crippen molar-refractivity contribution in [3.05, 3.63) is 35.6 Å². The molecule has 0 unspecified atom stereocenters. The van der Waals surface area contributed by atoms with Crippen molar-refractivity contribution in [2.45, 2.75) is 33.2 Å². The summed E-state index contributed by atoms with van der Waals surface area (Å²) in [6, 6.07) is 6.99. The monoisotopic (exact) mass is 209 g/mol. The number of benzene rings is 1. The third-order valence-electron chi connectivity index (χ3n) is 2.54. The van der Waals surface area contributed by atoms with Crippen LogP contribution in [0.2, 0.25) is 0 Å². The Morgan fingerprint density at radius 1 is 1.13 bits per heavy atom. The van der Waals surface area contributed by atoms with E-state index in [2.05, 4.69) is 26.1 Å². The predicted molar refractivity (Wildman–Crippen MR) is 62.3 cm³/mol. The van der Waals surface area contributed by atoms with E-state index in [0.717, 1.165) is 18.0 Å². The molecule has 0 saturated carbocycles. The second-order valence-corrected chi connectivity index (χ2v) is 4.41. The van der Waals surface area contributed by atoms with Gasteiger partial charge in [-0.3, -0.25) is 0 Å². The van der Waals surface area contributed by atoms with Gasteiger partial charge in [-0.1, -0.05) is 26.0 Å². The lowest BCUT2D eigenvalue weighted by atomic mass is 10.1. The number of rotatable bonds is 5. The molecular weight excluding hydrogens is 189 g/mol. The molecule has 1 rings (SSSR count). The molecule has 1 atom stereocenters. The van der Waals surface area contributed by atoms with E-state index in [1.165, 1.54) is 18.6 Å². The van der Waals surface area contributed by atoms with Crippen molar-refractivity contribution in [2.75, 3.05) is 6.54 Å². The minimum absolute atomic E-state index is 0.173. The molecule has 0 spiro atoms. The molecular formula is C13H20FN. The van der Waals surface area contributed by atoms with Crippen LogP contribution in [0.3, 0.4) is 0 Å². The molecule has 1 aromatic carbocycles. The minimum Gasteiger partial charge on any atom is -0.310 e. The van der Waals surface area contributed by atoms with Gasteiger partial charge >= 0.3 is 0 Å². The largest absolute Gasteiger partial charge is 0.310 e. The zero-order valence-electron chi connectivity index (χ0n) is 9.76. The molecule has 0 aromatic heterocycles.